The van der Waals surface area contributed by atoms with E-state index in [9.17, 15) is 4.79 Å². The van der Waals surface area contributed by atoms with Gasteiger partial charge in [-0.05, 0) is 25.0 Å². The van der Waals surface area contributed by atoms with Crippen LogP contribution < -0.4 is 0 Å². The molecule has 3 heterocycles. The van der Waals surface area contributed by atoms with Gasteiger partial charge in [0.05, 0.1) is 24.1 Å². The van der Waals surface area contributed by atoms with E-state index in [0.717, 1.165) is 75.5 Å². The number of nitrogens with zero attached hydrogens (tertiary/aromatic N) is 4. The van der Waals surface area contributed by atoms with Gasteiger partial charge >= 0.3 is 0 Å². The van der Waals surface area contributed by atoms with Crippen LogP contribution in [0, 0.1) is 0 Å². The first kappa shape index (κ1) is 15.6. The van der Waals surface area contributed by atoms with Gasteiger partial charge in [-0.3, -0.25) is 14.6 Å². The molecule has 1 N–H and O–H groups in total. The summed E-state index contributed by atoms with van der Waals surface area (Å²) >= 11 is 0. The molecular formula is C18H25N5O. The standard InChI is InChI=1S/C18H25N5O/c24-18(23-7-3-4-8-23)14-22-11-9-21(10-12-22)13-17-19-15-5-1-2-6-16(15)20-17/h1-2,5-6H,3-4,7-14H2,(H,19,20). The molecule has 0 unspecified atom stereocenters. The van der Waals surface area contributed by atoms with Crippen LogP contribution in [-0.2, 0) is 11.3 Å². The smallest absolute Gasteiger partial charge is 0.236 e. The van der Waals surface area contributed by atoms with Crippen molar-refractivity contribution < 1.29 is 4.79 Å². The van der Waals surface area contributed by atoms with Gasteiger partial charge in [-0.2, -0.15) is 0 Å². The Morgan fingerprint density at radius 1 is 1.00 bits per heavy atom. The molecule has 0 bridgehead atoms. The van der Waals surface area contributed by atoms with Crippen molar-refractivity contribution in [1.29, 1.82) is 0 Å². The van der Waals surface area contributed by atoms with Crippen LogP contribution >= 0.6 is 0 Å². The van der Waals surface area contributed by atoms with Gasteiger partial charge in [0.25, 0.3) is 0 Å². The predicted molar refractivity (Wildman–Crippen MR) is 93.6 cm³/mol. The van der Waals surface area contributed by atoms with Gasteiger partial charge in [-0.15, -0.1) is 0 Å². The maximum atomic E-state index is 12.2. The number of piperazine rings is 1. The molecular weight excluding hydrogens is 302 g/mol. The van der Waals surface area contributed by atoms with E-state index in [-0.39, 0.29) is 0 Å². The molecule has 1 amide bonds. The molecule has 6 heteroatoms. The van der Waals surface area contributed by atoms with Crippen LogP contribution in [0.1, 0.15) is 18.7 Å². The fourth-order valence-corrected chi connectivity index (χ4v) is 3.66. The zero-order valence-electron chi connectivity index (χ0n) is 14.1. The molecule has 2 aliphatic rings. The van der Waals surface area contributed by atoms with Crippen LogP contribution in [0.4, 0.5) is 0 Å². The van der Waals surface area contributed by atoms with Crippen molar-refractivity contribution in [3.8, 4) is 0 Å². The number of hydrogen-bond donors (Lipinski definition) is 1. The minimum Gasteiger partial charge on any atom is -0.342 e. The van der Waals surface area contributed by atoms with Gasteiger partial charge in [-0.25, -0.2) is 4.98 Å². The normalized spacial score (nSPS) is 20.1. The highest BCUT2D eigenvalue weighted by Gasteiger charge is 2.23. The molecule has 2 aliphatic heterocycles. The lowest BCUT2D eigenvalue weighted by Gasteiger charge is -2.34. The summed E-state index contributed by atoms with van der Waals surface area (Å²) in [6, 6.07) is 8.15. The van der Waals surface area contributed by atoms with Crippen LogP contribution in [0.2, 0.25) is 0 Å². The van der Waals surface area contributed by atoms with E-state index in [1.807, 2.05) is 23.1 Å². The van der Waals surface area contributed by atoms with Crippen molar-refractivity contribution in [2.75, 3.05) is 45.8 Å². The van der Waals surface area contributed by atoms with Gasteiger partial charge in [0.15, 0.2) is 0 Å². The Balaban J connectivity index is 1.27. The first-order chi connectivity index (χ1) is 11.8. The topological polar surface area (TPSA) is 55.5 Å². The lowest BCUT2D eigenvalue weighted by molar-refractivity contribution is -0.131. The number of aromatic nitrogens is 2. The molecule has 2 fully saturated rings. The summed E-state index contributed by atoms with van der Waals surface area (Å²) < 4.78 is 0. The Kier molecular flexibility index (Phi) is 4.49. The van der Waals surface area contributed by atoms with E-state index in [2.05, 4.69) is 25.8 Å². The summed E-state index contributed by atoms with van der Waals surface area (Å²) in [6.45, 7) is 7.23. The van der Waals surface area contributed by atoms with E-state index in [0.29, 0.717) is 12.5 Å². The summed E-state index contributed by atoms with van der Waals surface area (Å²) in [5.74, 6) is 1.33. The second-order valence-corrected chi connectivity index (χ2v) is 6.84. The monoisotopic (exact) mass is 327 g/mol. The summed E-state index contributed by atoms with van der Waals surface area (Å²) in [5.41, 5.74) is 2.13. The quantitative estimate of drug-likeness (QED) is 0.920. The molecule has 128 valence electrons. The van der Waals surface area contributed by atoms with Gasteiger partial charge in [-0.1, -0.05) is 12.1 Å². The summed E-state index contributed by atoms with van der Waals surface area (Å²) in [5, 5.41) is 0. The molecule has 0 atom stereocenters. The summed E-state index contributed by atoms with van der Waals surface area (Å²) in [4.78, 5) is 27.0. The van der Waals surface area contributed by atoms with Crippen LogP contribution in [0.15, 0.2) is 24.3 Å². The van der Waals surface area contributed by atoms with Crippen molar-refractivity contribution in [2.45, 2.75) is 19.4 Å². The highest BCUT2D eigenvalue weighted by molar-refractivity contribution is 5.78. The second-order valence-electron chi connectivity index (χ2n) is 6.84. The fourth-order valence-electron chi connectivity index (χ4n) is 3.66. The lowest BCUT2D eigenvalue weighted by atomic mass is 10.3. The number of nitrogens with one attached hydrogen (secondary N) is 1. The van der Waals surface area contributed by atoms with Gasteiger partial charge < -0.3 is 9.88 Å². The third kappa shape index (κ3) is 3.44. The average Bonchev–Trinajstić information content (AvgIpc) is 3.25. The Bertz CT molecular complexity index is 665. The highest BCUT2D eigenvalue weighted by Crippen LogP contribution is 2.13. The molecule has 0 aliphatic carbocycles. The largest absolute Gasteiger partial charge is 0.342 e. The number of aromatic amines is 1. The number of carbonyl (C=O) groups is 1. The number of benzene rings is 1. The van der Waals surface area contributed by atoms with Crippen LogP contribution in [-0.4, -0.2) is 76.4 Å². The Morgan fingerprint density at radius 3 is 2.46 bits per heavy atom. The molecule has 2 saturated heterocycles. The number of H-pyrrole nitrogens is 1. The predicted octanol–water partition coefficient (Wildman–Crippen LogP) is 1.30. The average molecular weight is 327 g/mol. The molecule has 2 aromatic rings. The second kappa shape index (κ2) is 6.91. The number of likely N-dealkylation sites (tertiary alicyclic amines) is 1. The molecule has 4 rings (SSSR count). The Morgan fingerprint density at radius 2 is 1.71 bits per heavy atom. The first-order valence-corrected chi connectivity index (χ1v) is 8.94. The van der Waals surface area contributed by atoms with E-state index < -0.39 is 0 Å². The van der Waals surface area contributed by atoms with Crippen molar-refractivity contribution in [3.05, 3.63) is 30.1 Å². The molecule has 1 aromatic heterocycles. The maximum absolute atomic E-state index is 12.2. The first-order valence-electron chi connectivity index (χ1n) is 8.94. The highest BCUT2D eigenvalue weighted by atomic mass is 16.2. The van der Waals surface area contributed by atoms with E-state index in [4.69, 9.17) is 0 Å². The third-order valence-electron chi connectivity index (χ3n) is 5.09. The van der Waals surface area contributed by atoms with E-state index >= 15 is 0 Å². The van der Waals surface area contributed by atoms with Crippen LogP contribution in [0.5, 0.6) is 0 Å². The van der Waals surface area contributed by atoms with Gasteiger partial charge in [0.1, 0.15) is 5.82 Å². The fraction of sp³-hybridized carbons (Fsp3) is 0.556. The van der Waals surface area contributed by atoms with Crippen molar-refractivity contribution in [1.82, 2.24) is 24.7 Å². The number of fused-ring (bicyclic) bond motifs is 1. The number of amides is 1. The molecule has 0 radical (unpaired) electrons. The van der Waals surface area contributed by atoms with E-state index in [1.54, 1.807) is 0 Å². The zero-order valence-corrected chi connectivity index (χ0v) is 14.1. The van der Waals surface area contributed by atoms with Gasteiger partial charge in [0, 0.05) is 39.3 Å². The van der Waals surface area contributed by atoms with E-state index in [1.165, 1.54) is 0 Å². The van der Waals surface area contributed by atoms with Crippen molar-refractivity contribution in [3.63, 3.8) is 0 Å². The molecule has 0 saturated carbocycles. The zero-order chi connectivity index (χ0) is 16.4. The molecule has 24 heavy (non-hydrogen) atoms. The van der Waals surface area contributed by atoms with Crippen LogP contribution in [0.3, 0.4) is 0 Å². The van der Waals surface area contributed by atoms with Crippen molar-refractivity contribution in [2.24, 2.45) is 0 Å². The maximum Gasteiger partial charge on any atom is 0.236 e. The Hall–Kier alpha value is -1.92. The van der Waals surface area contributed by atoms with Crippen LogP contribution in [0.25, 0.3) is 11.0 Å². The third-order valence-corrected chi connectivity index (χ3v) is 5.09. The lowest BCUT2D eigenvalue weighted by Crippen LogP contribution is -2.49. The molecule has 0 spiro atoms. The Labute approximate surface area is 142 Å². The van der Waals surface area contributed by atoms with Gasteiger partial charge in [0.2, 0.25) is 5.91 Å². The summed E-state index contributed by atoms with van der Waals surface area (Å²) in [6.07, 6.45) is 2.33. The number of carbonyl (C=O) groups excluding carboxylic acids is 1. The number of hydrogen-bond acceptors (Lipinski definition) is 4. The summed E-state index contributed by atoms with van der Waals surface area (Å²) in [7, 11) is 0. The number of imidazole rings is 1. The SMILES string of the molecule is O=C(CN1CCN(Cc2nc3ccccc3[nH]2)CC1)N1CCCC1. The van der Waals surface area contributed by atoms with Crippen molar-refractivity contribution >= 4 is 16.9 Å². The minimum atomic E-state index is 0.304. The molecule has 6 nitrogen and oxygen atoms in total. The molecule has 1 aromatic carbocycles. The minimum absolute atomic E-state index is 0.304. The number of rotatable bonds is 4. The number of para-hydroxylation sites is 2.